The highest BCUT2D eigenvalue weighted by Gasteiger charge is 2.06. The molecule has 1 aromatic rings. The molecule has 84 valence electrons. The molecule has 7 nitrogen and oxygen atoms in total. The Kier molecular flexibility index (Phi) is 4.47. The average molecular weight is 235 g/mol. The van der Waals surface area contributed by atoms with Gasteiger partial charge in [0, 0.05) is 6.54 Å². The second-order valence-corrected chi connectivity index (χ2v) is 2.97. The van der Waals surface area contributed by atoms with Gasteiger partial charge >= 0.3 is 6.01 Å². The van der Waals surface area contributed by atoms with Crippen molar-refractivity contribution in [3.63, 3.8) is 0 Å². The van der Waals surface area contributed by atoms with Crippen LogP contribution in [0.5, 0.6) is 6.01 Å². The number of hydrogen-bond acceptors (Lipinski definition) is 7. The van der Waals surface area contributed by atoms with Gasteiger partial charge in [0.15, 0.2) is 0 Å². The third-order valence-corrected chi connectivity index (χ3v) is 1.65. The number of nitrogens with zero attached hydrogens (tertiary/aromatic N) is 3. The van der Waals surface area contributed by atoms with E-state index in [0.29, 0.717) is 0 Å². The summed E-state index contributed by atoms with van der Waals surface area (Å²) in [7, 11) is 1.40. The highest BCUT2D eigenvalue weighted by molar-refractivity contribution is 6.28. The van der Waals surface area contributed by atoms with E-state index in [4.69, 9.17) is 26.6 Å². The number of halogens is 1. The van der Waals surface area contributed by atoms with Gasteiger partial charge in [0.25, 0.3) is 0 Å². The summed E-state index contributed by atoms with van der Waals surface area (Å²) in [6.45, 7) is -0.233. The van der Waals surface area contributed by atoms with Gasteiger partial charge in [0.05, 0.1) is 19.8 Å². The number of nitrogens with one attached hydrogen (secondary N) is 1. The quantitative estimate of drug-likeness (QED) is 0.619. The second kappa shape index (κ2) is 5.64. The zero-order chi connectivity index (χ0) is 11.3. The van der Waals surface area contributed by atoms with Crippen LogP contribution in [0.4, 0.5) is 5.95 Å². The van der Waals surface area contributed by atoms with Crippen LogP contribution >= 0.6 is 11.6 Å². The molecule has 0 bridgehead atoms. The first-order valence-electron chi connectivity index (χ1n) is 4.14. The summed E-state index contributed by atoms with van der Waals surface area (Å²) in [5.41, 5.74) is 0. The van der Waals surface area contributed by atoms with Gasteiger partial charge in [-0.3, -0.25) is 0 Å². The SMILES string of the molecule is COc1nc(Cl)nc(NCC(O)CO)n1. The van der Waals surface area contributed by atoms with Crippen LogP contribution in [0.2, 0.25) is 5.28 Å². The fourth-order valence-electron chi connectivity index (χ4n) is 0.776. The minimum Gasteiger partial charge on any atom is -0.467 e. The lowest BCUT2D eigenvalue weighted by molar-refractivity contribution is 0.105. The molecule has 0 aromatic carbocycles. The molecule has 0 aliphatic rings. The van der Waals surface area contributed by atoms with Gasteiger partial charge in [0.2, 0.25) is 11.2 Å². The molecule has 1 rings (SSSR count). The van der Waals surface area contributed by atoms with Crippen LogP contribution in [0.25, 0.3) is 0 Å². The summed E-state index contributed by atoms with van der Waals surface area (Å²) in [6, 6.07) is 0.0796. The monoisotopic (exact) mass is 234 g/mol. The van der Waals surface area contributed by atoms with Gasteiger partial charge in [0.1, 0.15) is 0 Å². The lowest BCUT2D eigenvalue weighted by atomic mass is 10.4. The van der Waals surface area contributed by atoms with Gasteiger partial charge in [-0.05, 0) is 11.6 Å². The number of hydrogen-bond donors (Lipinski definition) is 3. The standard InChI is InChI=1S/C7H11ClN4O3/c1-15-7-11-5(8)10-6(12-7)9-2-4(14)3-13/h4,13-14H,2-3H2,1H3,(H,9,10,11,12). The van der Waals surface area contributed by atoms with Gasteiger partial charge in [-0.25, -0.2) is 0 Å². The Hall–Kier alpha value is -1.18. The fraction of sp³-hybridized carbons (Fsp3) is 0.571. The van der Waals surface area contributed by atoms with Gasteiger partial charge in [-0.15, -0.1) is 0 Å². The van der Waals surface area contributed by atoms with Crippen LogP contribution < -0.4 is 10.1 Å². The Morgan fingerprint density at radius 3 is 2.80 bits per heavy atom. The van der Waals surface area contributed by atoms with E-state index in [-0.39, 0.29) is 30.4 Å². The van der Waals surface area contributed by atoms with Crippen LogP contribution in [0.15, 0.2) is 0 Å². The Bertz CT molecular complexity index is 325. The van der Waals surface area contributed by atoms with Crippen molar-refractivity contribution in [3.8, 4) is 6.01 Å². The molecule has 0 amide bonds. The first kappa shape index (κ1) is 11.9. The molecule has 0 saturated heterocycles. The van der Waals surface area contributed by atoms with Crippen LogP contribution in [0.3, 0.4) is 0 Å². The van der Waals surface area contributed by atoms with Crippen molar-refractivity contribution in [1.82, 2.24) is 15.0 Å². The molecule has 0 aliphatic heterocycles. The third kappa shape index (κ3) is 3.82. The van der Waals surface area contributed by atoms with E-state index in [1.165, 1.54) is 7.11 Å². The van der Waals surface area contributed by atoms with E-state index < -0.39 is 6.10 Å². The first-order chi connectivity index (χ1) is 7.15. The number of methoxy groups -OCH3 is 1. The van der Waals surface area contributed by atoms with Crippen LogP contribution in [-0.2, 0) is 0 Å². The molecule has 1 atom stereocenters. The van der Waals surface area contributed by atoms with E-state index in [9.17, 15) is 0 Å². The van der Waals surface area contributed by atoms with Crippen LogP contribution in [0, 0.1) is 0 Å². The van der Waals surface area contributed by atoms with Gasteiger partial charge in [-0.2, -0.15) is 15.0 Å². The predicted molar refractivity (Wildman–Crippen MR) is 53.0 cm³/mol. The molecule has 8 heteroatoms. The minimum atomic E-state index is -0.883. The average Bonchev–Trinajstić information content (AvgIpc) is 2.25. The van der Waals surface area contributed by atoms with Crippen molar-refractivity contribution in [1.29, 1.82) is 0 Å². The van der Waals surface area contributed by atoms with Crippen molar-refractivity contribution < 1.29 is 14.9 Å². The zero-order valence-electron chi connectivity index (χ0n) is 8.01. The normalized spacial score (nSPS) is 12.3. The maximum absolute atomic E-state index is 9.07. The van der Waals surface area contributed by atoms with E-state index >= 15 is 0 Å². The highest BCUT2D eigenvalue weighted by Crippen LogP contribution is 2.10. The van der Waals surface area contributed by atoms with E-state index in [2.05, 4.69) is 20.3 Å². The minimum absolute atomic E-state index is 0.0113. The maximum Gasteiger partial charge on any atom is 0.322 e. The Morgan fingerprint density at radius 1 is 1.47 bits per heavy atom. The molecule has 1 aromatic heterocycles. The van der Waals surface area contributed by atoms with Crippen molar-refractivity contribution in [2.45, 2.75) is 6.10 Å². The van der Waals surface area contributed by atoms with Crippen LogP contribution in [0.1, 0.15) is 0 Å². The Morgan fingerprint density at radius 2 is 2.20 bits per heavy atom. The lowest BCUT2D eigenvalue weighted by Gasteiger charge is -2.08. The second-order valence-electron chi connectivity index (χ2n) is 2.63. The highest BCUT2D eigenvalue weighted by atomic mass is 35.5. The number of ether oxygens (including phenoxy) is 1. The van der Waals surface area contributed by atoms with E-state index in [1.54, 1.807) is 0 Å². The Labute approximate surface area is 91.1 Å². The summed E-state index contributed by atoms with van der Waals surface area (Å²) >= 11 is 5.58. The van der Waals surface area contributed by atoms with E-state index in [1.807, 2.05) is 0 Å². The van der Waals surface area contributed by atoms with Crippen molar-refractivity contribution >= 4 is 17.5 Å². The zero-order valence-corrected chi connectivity index (χ0v) is 8.77. The molecular formula is C7H11ClN4O3. The summed E-state index contributed by atoms with van der Waals surface area (Å²) < 4.78 is 4.77. The molecular weight excluding hydrogens is 224 g/mol. The van der Waals surface area contributed by atoms with Crippen molar-refractivity contribution in [2.24, 2.45) is 0 Å². The molecule has 15 heavy (non-hydrogen) atoms. The van der Waals surface area contributed by atoms with Crippen LogP contribution in [-0.4, -0.2) is 51.5 Å². The summed E-state index contributed by atoms with van der Waals surface area (Å²) in [4.78, 5) is 11.2. The number of aromatic nitrogens is 3. The number of aliphatic hydroxyl groups excluding tert-OH is 2. The van der Waals surface area contributed by atoms with E-state index in [0.717, 1.165) is 0 Å². The molecule has 1 unspecified atom stereocenters. The molecule has 0 radical (unpaired) electrons. The van der Waals surface area contributed by atoms with Crippen molar-refractivity contribution in [2.75, 3.05) is 25.6 Å². The molecule has 0 fully saturated rings. The summed E-state index contributed by atoms with van der Waals surface area (Å²) in [5, 5.41) is 20.3. The molecule has 0 spiro atoms. The third-order valence-electron chi connectivity index (χ3n) is 1.48. The Balaban J connectivity index is 2.64. The number of anilines is 1. The number of rotatable bonds is 5. The lowest BCUT2D eigenvalue weighted by Crippen LogP contribution is -2.24. The smallest absolute Gasteiger partial charge is 0.322 e. The van der Waals surface area contributed by atoms with Gasteiger partial charge < -0.3 is 20.3 Å². The maximum atomic E-state index is 9.07. The molecule has 0 saturated carbocycles. The summed E-state index contributed by atoms with van der Waals surface area (Å²) in [6.07, 6.45) is -0.883. The molecule has 0 aliphatic carbocycles. The topological polar surface area (TPSA) is 100 Å². The predicted octanol–water partition coefficient (Wildman–Crippen LogP) is -0.701. The number of aliphatic hydroxyl groups is 2. The largest absolute Gasteiger partial charge is 0.467 e. The van der Waals surface area contributed by atoms with Crippen molar-refractivity contribution in [3.05, 3.63) is 5.28 Å². The molecule has 1 heterocycles. The fourth-order valence-corrected chi connectivity index (χ4v) is 0.928. The van der Waals surface area contributed by atoms with Gasteiger partial charge in [-0.1, -0.05) is 0 Å². The molecule has 3 N–H and O–H groups in total. The first-order valence-corrected chi connectivity index (χ1v) is 4.52. The summed E-state index contributed by atoms with van der Waals surface area (Å²) in [5.74, 6) is 0.180.